The lowest BCUT2D eigenvalue weighted by Gasteiger charge is -2.41. The number of aromatic nitrogens is 2. The molecule has 1 unspecified atom stereocenters. The van der Waals surface area contributed by atoms with Crippen LogP contribution in [0, 0.1) is 5.92 Å². The Morgan fingerprint density at radius 2 is 1.89 bits per heavy atom. The topological polar surface area (TPSA) is 60.3 Å². The number of methoxy groups -OCH3 is 2. The molecule has 1 saturated heterocycles. The van der Waals surface area contributed by atoms with Crippen LogP contribution in [0.3, 0.4) is 0 Å². The van der Waals surface area contributed by atoms with Crippen LogP contribution in [-0.2, 0) is 24.1 Å². The summed E-state index contributed by atoms with van der Waals surface area (Å²) < 4.78 is 13.6. The van der Waals surface area contributed by atoms with Gasteiger partial charge in [0.25, 0.3) is 0 Å². The molecule has 3 aromatic rings. The van der Waals surface area contributed by atoms with Crippen LogP contribution >= 0.6 is 0 Å². The summed E-state index contributed by atoms with van der Waals surface area (Å²) in [6.07, 6.45) is 12.2. The zero-order valence-corrected chi connectivity index (χ0v) is 21.8. The van der Waals surface area contributed by atoms with Gasteiger partial charge < -0.3 is 20.1 Å². The highest BCUT2D eigenvalue weighted by atomic mass is 16.5. The minimum atomic E-state index is -0.458. The van der Waals surface area contributed by atoms with Gasteiger partial charge in [0.05, 0.1) is 25.0 Å². The van der Waals surface area contributed by atoms with Gasteiger partial charge in [0.1, 0.15) is 5.75 Å². The van der Waals surface area contributed by atoms with E-state index in [1.807, 2.05) is 12.1 Å². The van der Waals surface area contributed by atoms with E-state index in [2.05, 4.69) is 70.1 Å². The van der Waals surface area contributed by atoms with Gasteiger partial charge in [-0.1, -0.05) is 36.4 Å². The number of piperidine rings is 1. The van der Waals surface area contributed by atoms with Crippen molar-refractivity contribution in [2.75, 3.05) is 27.3 Å². The van der Waals surface area contributed by atoms with Gasteiger partial charge >= 0.3 is 0 Å². The Morgan fingerprint density at radius 1 is 1.05 bits per heavy atom. The second kappa shape index (κ2) is 10.2. The number of aryl methyl sites for hydroxylation is 1. The van der Waals surface area contributed by atoms with Crippen molar-refractivity contribution < 1.29 is 9.47 Å². The van der Waals surface area contributed by atoms with Gasteiger partial charge in [-0.25, -0.2) is 0 Å². The highest BCUT2D eigenvalue weighted by Crippen LogP contribution is 2.36. The molecule has 3 aliphatic rings. The summed E-state index contributed by atoms with van der Waals surface area (Å²) in [7, 11) is 3.50. The summed E-state index contributed by atoms with van der Waals surface area (Å²) >= 11 is 0. The summed E-state index contributed by atoms with van der Waals surface area (Å²) in [5.41, 5.74) is 8.20. The minimum Gasteiger partial charge on any atom is -0.497 e. The van der Waals surface area contributed by atoms with Crippen molar-refractivity contribution >= 4 is 5.57 Å². The molecule has 1 atom stereocenters. The van der Waals surface area contributed by atoms with Crippen LogP contribution in [0.25, 0.3) is 16.8 Å². The average Bonchev–Trinajstić information content (AvgIpc) is 3.61. The van der Waals surface area contributed by atoms with Gasteiger partial charge in [-0.3, -0.25) is 4.68 Å². The van der Waals surface area contributed by atoms with E-state index in [-0.39, 0.29) is 0 Å². The van der Waals surface area contributed by atoms with E-state index >= 15 is 0 Å². The normalized spacial score (nSPS) is 21.4. The molecule has 2 aromatic carbocycles. The Labute approximate surface area is 219 Å². The Balaban J connectivity index is 1.35. The molecule has 0 saturated carbocycles. The fourth-order valence-electron chi connectivity index (χ4n) is 6.12. The maximum atomic E-state index is 6.04. The molecule has 192 valence electrons. The van der Waals surface area contributed by atoms with Crippen molar-refractivity contribution in [3.8, 4) is 17.0 Å². The zero-order chi connectivity index (χ0) is 25.2. The maximum Gasteiger partial charge on any atom is 0.160 e. The van der Waals surface area contributed by atoms with E-state index in [1.165, 1.54) is 34.4 Å². The Kier molecular flexibility index (Phi) is 6.61. The van der Waals surface area contributed by atoms with Gasteiger partial charge in [0, 0.05) is 30.4 Å². The summed E-state index contributed by atoms with van der Waals surface area (Å²) in [6.45, 7) is 2.76. The van der Waals surface area contributed by atoms with Crippen molar-refractivity contribution in [1.82, 2.24) is 20.4 Å². The second-order valence-corrected chi connectivity index (χ2v) is 10.3. The van der Waals surface area contributed by atoms with Gasteiger partial charge in [0.15, 0.2) is 5.72 Å². The van der Waals surface area contributed by atoms with E-state index in [1.54, 1.807) is 14.2 Å². The fraction of sp³-hybridized carbons (Fsp3) is 0.387. The molecule has 0 radical (unpaired) electrons. The standard InChI is InChI=1S/C31H36N4O2/c1-36-26-11-9-22(10-12-26)21-35-30(28-8-4-6-23-5-3-7-27(23)28)19-29(34-35)24-13-16-31(37-2,33-20-24)25-14-17-32-18-15-25/h4,6,8-13,16,19-20,25,32-33H,3,5,7,14-15,17-18,21H2,1-2H3. The fourth-order valence-corrected chi connectivity index (χ4v) is 6.12. The molecule has 2 N–H and O–H groups in total. The lowest BCUT2D eigenvalue weighted by Crippen LogP contribution is -2.53. The van der Waals surface area contributed by atoms with Gasteiger partial charge in [-0.15, -0.1) is 0 Å². The number of hydrogen-bond donors (Lipinski definition) is 2. The van der Waals surface area contributed by atoms with Crippen molar-refractivity contribution in [3.05, 3.63) is 89.3 Å². The molecular weight excluding hydrogens is 460 g/mol. The van der Waals surface area contributed by atoms with Crippen LogP contribution in [0.15, 0.2) is 66.9 Å². The first-order valence-electron chi connectivity index (χ1n) is 13.4. The first-order chi connectivity index (χ1) is 18.2. The number of allylic oxidation sites excluding steroid dienone is 2. The van der Waals surface area contributed by atoms with Crippen LogP contribution in [0.5, 0.6) is 5.75 Å². The van der Waals surface area contributed by atoms with Gasteiger partial charge in [-0.05, 0) is 86.2 Å². The molecule has 0 amide bonds. The van der Waals surface area contributed by atoms with Crippen LogP contribution in [-0.4, -0.2) is 42.8 Å². The molecule has 1 fully saturated rings. The van der Waals surface area contributed by atoms with Crippen molar-refractivity contribution in [2.45, 2.75) is 44.4 Å². The summed E-state index contributed by atoms with van der Waals surface area (Å²) in [4.78, 5) is 0. The number of nitrogens with zero attached hydrogens (tertiary/aromatic N) is 2. The number of benzene rings is 2. The molecule has 37 heavy (non-hydrogen) atoms. The zero-order valence-electron chi connectivity index (χ0n) is 21.8. The van der Waals surface area contributed by atoms with Crippen LogP contribution in [0.4, 0.5) is 0 Å². The summed E-state index contributed by atoms with van der Waals surface area (Å²) in [5.74, 6) is 1.30. The highest BCUT2D eigenvalue weighted by molar-refractivity contribution is 5.77. The highest BCUT2D eigenvalue weighted by Gasteiger charge is 2.38. The molecule has 6 rings (SSSR count). The number of rotatable bonds is 7. The number of fused-ring (bicyclic) bond motifs is 1. The molecule has 0 spiro atoms. The molecule has 1 aliphatic carbocycles. The molecule has 2 aliphatic heterocycles. The van der Waals surface area contributed by atoms with Crippen molar-refractivity contribution in [3.63, 3.8) is 0 Å². The van der Waals surface area contributed by atoms with Crippen molar-refractivity contribution in [1.29, 1.82) is 0 Å². The molecule has 0 bridgehead atoms. The largest absolute Gasteiger partial charge is 0.497 e. The Hall–Kier alpha value is -3.35. The SMILES string of the molecule is COc1ccc(Cn2nc(C3=CNC(OC)(C4CCNCC4)C=C3)cc2-c2cccc3c2CCC3)cc1. The third-order valence-corrected chi connectivity index (χ3v) is 8.24. The molecular formula is C31H36N4O2. The van der Waals surface area contributed by atoms with Crippen LogP contribution < -0.4 is 15.4 Å². The smallest absolute Gasteiger partial charge is 0.160 e. The van der Waals surface area contributed by atoms with Gasteiger partial charge in [-0.2, -0.15) is 5.10 Å². The molecule has 6 nitrogen and oxygen atoms in total. The lowest BCUT2D eigenvalue weighted by molar-refractivity contribution is -0.0454. The van der Waals surface area contributed by atoms with Gasteiger partial charge in [0.2, 0.25) is 0 Å². The summed E-state index contributed by atoms with van der Waals surface area (Å²) in [5, 5.41) is 12.2. The third-order valence-electron chi connectivity index (χ3n) is 8.24. The average molecular weight is 497 g/mol. The maximum absolute atomic E-state index is 6.04. The quantitative estimate of drug-likeness (QED) is 0.485. The second-order valence-electron chi connectivity index (χ2n) is 10.3. The van der Waals surface area contributed by atoms with E-state index in [9.17, 15) is 0 Å². The predicted octanol–water partition coefficient (Wildman–Crippen LogP) is 4.94. The number of ether oxygens (including phenoxy) is 2. The third kappa shape index (κ3) is 4.60. The molecule has 1 aromatic heterocycles. The van der Waals surface area contributed by atoms with E-state index in [0.717, 1.165) is 55.8 Å². The monoisotopic (exact) mass is 496 g/mol. The predicted molar refractivity (Wildman–Crippen MR) is 147 cm³/mol. The van der Waals surface area contributed by atoms with Crippen LogP contribution in [0.1, 0.15) is 41.6 Å². The first-order valence-corrected chi connectivity index (χ1v) is 13.4. The van der Waals surface area contributed by atoms with Crippen molar-refractivity contribution in [2.24, 2.45) is 5.92 Å². The molecule has 3 heterocycles. The summed E-state index contributed by atoms with van der Waals surface area (Å²) in [6, 6.07) is 17.2. The minimum absolute atomic E-state index is 0.433. The Bertz CT molecular complexity index is 1320. The van der Waals surface area contributed by atoms with Crippen LogP contribution in [0.2, 0.25) is 0 Å². The van der Waals surface area contributed by atoms with E-state index in [0.29, 0.717) is 12.5 Å². The first kappa shape index (κ1) is 24.0. The van der Waals surface area contributed by atoms with E-state index < -0.39 is 5.72 Å². The number of hydrogen-bond acceptors (Lipinski definition) is 5. The number of dihydropyridines is 1. The lowest BCUT2D eigenvalue weighted by atomic mass is 9.85. The van der Waals surface area contributed by atoms with E-state index in [4.69, 9.17) is 14.6 Å². The Morgan fingerprint density at radius 3 is 2.62 bits per heavy atom. The number of nitrogens with one attached hydrogen (secondary N) is 2. The molecule has 6 heteroatoms.